The molecule has 3 amide bonds. The maximum absolute atomic E-state index is 13.0. The van der Waals surface area contributed by atoms with Gasteiger partial charge in [0, 0.05) is 30.4 Å². The molecule has 16 heteroatoms. The number of anilines is 7. The number of urea groups is 1. The summed E-state index contributed by atoms with van der Waals surface area (Å²) in [7, 11) is 0. The third kappa shape index (κ3) is 7.54. The number of hydrogen-bond donors (Lipinski definition) is 6. The fraction of sp³-hybridized carbons (Fsp3) is 0.130. The van der Waals surface area contributed by atoms with Crippen LogP contribution >= 0.6 is 11.6 Å². The van der Waals surface area contributed by atoms with E-state index in [1.165, 1.54) is 25.3 Å². The lowest BCUT2D eigenvalue weighted by Gasteiger charge is -2.12. The highest BCUT2D eigenvalue weighted by Crippen LogP contribution is 2.36. The van der Waals surface area contributed by atoms with E-state index in [0.29, 0.717) is 28.8 Å². The summed E-state index contributed by atoms with van der Waals surface area (Å²) in [5, 5.41) is 19.5. The normalized spacial score (nSPS) is 11.0. The van der Waals surface area contributed by atoms with Gasteiger partial charge in [-0.15, -0.1) is 0 Å². The summed E-state index contributed by atoms with van der Waals surface area (Å²) in [6.45, 7) is 3.15. The van der Waals surface area contributed by atoms with Crippen LogP contribution in [0.5, 0.6) is 0 Å². The van der Waals surface area contributed by atoms with Gasteiger partial charge in [0.25, 0.3) is 0 Å². The number of alkyl halides is 3. The number of H-pyrrole nitrogens is 1. The number of aromatic nitrogens is 5. The maximum Gasteiger partial charge on any atom is 0.417 e. The first-order valence-corrected chi connectivity index (χ1v) is 11.5. The second-order valence-corrected chi connectivity index (χ2v) is 8.43. The highest BCUT2D eigenvalue weighted by molar-refractivity contribution is 6.31. The van der Waals surface area contributed by atoms with Gasteiger partial charge in [-0.1, -0.05) is 11.6 Å². The van der Waals surface area contributed by atoms with Crippen LogP contribution in [0, 0.1) is 6.92 Å². The van der Waals surface area contributed by atoms with Gasteiger partial charge < -0.3 is 21.3 Å². The Morgan fingerprint density at radius 2 is 1.67 bits per heavy atom. The maximum atomic E-state index is 13.0. The predicted octanol–water partition coefficient (Wildman–Crippen LogP) is 5.66. The molecule has 39 heavy (non-hydrogen) atoms. The van der Waals surface area contributed by atoms with Gasteiger partial charge in [-0.3, -0.25) is 15.2 Å². The number of nitrogens with one attached hydrogen (secondary N) is 6. The van der Waals surface area contributed by atoms with E-state index < -0.39 is 22.8 Å². The summed E-state index contributed by atoms with van der Waals surface area (Å²) in [6, 6.07) is 8.61. The van der Waals surface area contributed by atoms with Crippen LogP contribution in [0.4, 0.5) is 58.6 Å². The monoisotopic (exact) mass is 560 g/mol. The Kier molecular flexibility index (Phi) is 7.80. The van der Waals surface area contributed by atoms with Crippen molar-refractivity contribution in [1.29, 1.82) is 0 Å². The van der Waals surface area contributed by atoms with Crippen molar-refractivity contribution in [1.82, 2.24) is 25.1 Å². The second kappa shape index (κ2) is 11.2. The summed E-state index contributed by atoms with van der Waals surface area (Å²) in [6.07, 6.45) is -3.25. The predicted molar refractivity (Wildman–Crippen MR) is 140 cm³/mol. The van der Waals surface area contributed by atoms with Gasteiger partial charge in [0.15, 0.2) is 5.82 Å². The summed E-state index contributed by atoms with van der Waals surface area (Å²) in [5.74, 6) is 1.43. The number of amides is 3. The fourth-order valence-electron chi connectivity index (χ4n) is 3.23. The number of aryl methyl sites for hydroxylation is 1. The van der Waals surface area contributed by atoms with E-state index in [9.17, 15) is 22.8 Å². The highest BCUT2D eigenvalue weighted by Gasteiger charge is 2.33. The molecule has 0 saturated heterocycles. The lowest BCUT2D eigenvalue weighted by Crippen LogP contribution is -2.20. The van der Waals surface area contributed by atoms with Crippen molar-refractivity contribution in [3.63, 3.8) is 0 Å². The number of carbonyl (C=O) groups excluding carboxylic acids is 2. The van der Waals surface area contributed by atoms with E-state index >= 15 is 0 Å². The SMILES string of the molecule is CC(=O)Nc1cc(Nc2cc(C)nc(Nc3ccc(NC(=O)Nc4ccc(Cl)c(C(F)(F)F)c4)nc3)n2)[nH]n1. The standard InChI is InChI=1S/C23H20ClF3N10O2/c1-11-7-18(33-20-9-19(36-37-20)30-12(2)38)34-21(29-11)31-14-4-6-17(28-10-14)35-22(39)32-13-3-5-16(24)15(8-13)23(25,26)27/h3-10H,1-2H3,(H2,28,32,35,39)(H4,29,30,31,33,34,36,37,38). The van der Waals surface area contributed by atoms with E-state index in [1.54, 1.807) is 25.1 Å². The molecule has 0 aliphatic rings. The Balaban J connectivity index is 1.37. The lowest BCUT2D eigenvalue weighted by molar-refractivity contribution is -0.137. The van der Waals surface area contributed by atoms with Gasteiger partial charge in [-0.2, -0.15) is 23.3 Å². The minimum Gasteiger partial charge on any atom is -0.325 e. The van der Waals surface area contributed by atoms with Crippen LogP contribution in [0.3, 0.4) is 0 Å². The Hall–Kier alpha value is -4.92. The third-order valence-electron chi connectivity index (χ3n) is 4.79. The zero-order valence-corrected chi connectivity index (χ0v) is 21.0. The van der Waals surface area contributed by atoms with E-state index in [0.717, 1.165) is 12.1 Å². The number of nitrogens with zero attached hydrogens (tertiary/aromatic N) is 4. The van der Waals surface area contributed by atoms with Crippen LogP contribution < -0.4 is 26.6 Å². The number of halogens is 4. The van der Waals surface area contributed by atoms with Gasteiger partial charge in [0.1, 0.15) is 17.5 Å². The number of benzene rings is 1. The average molecular weight is 561 g/mol. The van der Waals surface area contributed by atoms with Crippen LogP contribution in [0.25, 0.3) is 0 Å². The molecule has 4 rings (SSSR count). The Bertz CT molecular complexity index is 1510. The molecule has 3 aromatic heterocycles. The quantitative estimate of drug-likeness (QED) is 0.168. The molecule has 4 aromatic rings. The van der Waals surface area contributed by atoms with Crippen molar-refractivity contribution in [2.75, 3.05) is 26.6 Å². The van der Waals surface area contributed by atoms with Crippen LogP contribution in [0.15, 0.2) is 48.7 Å². The molecule has 0 saturated carbocycles. The van der Waals surface area contributed by atoms with Crippen LogP contribution in [0.1, 0.15) is 18.2 Å². The van der Waals surface area contributed by atoms with Gasteiger partial charge in [-0.25, -0.2) is 14.8 Å². The molecular formula is C23H20ClF3N10O2. The number of rotatable bonds is 7. The minimum atomic E-state index is -4.66. The Morgan fingerprint density at radius 3 is 2.36 bits per heavy atom. The van der Waals surface area contributed by atoms with Crippen LogP contribution in [-0.2, 0) is 11.0 Å². The molecule has 0 aliphatic carbocycles. The van der Waals surface area contributed by atoms with Gasteiger partial charge in [0.2, 0.25) is 11.9 Å². The smallest absolute Gasteiger partial charge is 0.325 e. The molecule has 0 atom stereocenters. The van der Waals surface area contributed by atoms with Crippen molar-refractivity contribution in [2.24, 2.45) is 0 Å². The van der Waals surface area contributed by atoms with Gasteiger partial charge in [-0.05, 0) is 37.3 Å². The number of pyridine rings is 1. The number of aromatic amines is 1. The largest absolute Gasteiger partial charge is 0.417 e. The number of carbonyl (C=O) groups is 2. The van der Waals surface area contributed by atoms with E-state index in [-0.39, 0.29) is 23.4 Å². The highest BCUT2D eigenvalue weighted by atomic mass is 35.5. The molecule has 0 fully saturated rings. The van der Waals surface area contributed by atoms with E-state index in [1.807, 2.05) is 0 Å². The fourth-order valence-corrected chi connectivity index (χ4v) is 3.45. The van der Waals surface area contributed by atoms with Crippen LogP contribution in [0.2, 0.25) is 5.02 Å². The topological polar surface area (TPSA) is 162 Å². The van der Waals surface area contributed by atoms with Crippen molar-refractivity contribution in [3.8, 4) is 0 Å². The van der Waals surface area contributed by atoms with Gasteiger partial charge >= 0.3 is 12.2 Å². The first-order valence-electron chi connectivity index (χ1n) is 11.1. The third-order valence-corrected chi connectivity index (χ3v) is 5.12. The lowest BCUT2D eigenvalue weighted by atomic mass is 10.2. The Labute approximate surface area is 223 Å². The molecular weight excluding hydrogens is 541 g/mol. The molecule has 1 aromatic carbocycles. The van der Waals surface area contributed by atoms with E-state index in [2.05, 4.69) is 51.7 Å². The van der Waals surface area contributed by atoms with Crippen molar-refractivity contribution >= 4 is 64.1 Å². The molecule has 3 heterocycles. The molecule has 0 unspecified atom stereocenters. The van der Waals surface area contributed by atoms with E-state index in [4.69, 9.17) is 11.6 Å². The Morgan fingerprint density at radius 1 is 0.897 bits per heavy atom. The number of hydrogen-bond acceptors (Lipinski definition) is 8. The molecule has 6 N–H and O–H groups in total. The molecule has 12 nitrogen and oxygen atoms in total. The molecule has 202 valence electrons. The van der Waals surface area contributed by atoms with Crippen molar-refractivity contribution in [3.05, 3.63) is 64.9 Å². The summed E-state index contributed by atoms with van der Waals surface area (Å²) in [5.41, 5.74) is -0.00792. The van der Waals surface area contributed by atoms with Gasteiger partial charge in [0.05, 0.1) is 22.5 Å². The summed E-state index contributed by atoms with van der Waals surface area (Å²) in [4.78, 5) is 36.2. The summed E-state index contributed by atoms with van der Waals surface area (Å²) >= 11 is 5.60. The van der Waals surface area contributed by atoms with Crippen molar-refractivity contribution in [2.45, 2.75) is 20.0 Å². The first kappa shape index (κ1) is 27.1. The summed E-state index contributed by atoms with van der Waals surface area (Å²) < 4.78 is 39.1. The zero-order chi connectivity index (χ0) is 28.2. The molecule has 0 spiro atoms. The second-order valence-electron chi connectivity index (χ2n) is 8.02. The first-order chi connectivity index (χ1) is 18.4. The molecule has 0 bridgehead atoms. The minimum absolute atomic E-state index is 0.0926. The molecule has 0 radical (unpaired) electrons. The average Bonchev–Trinajstić information content (AvgIpc) is 3.26. The van der Waals surface area contributed by atoms with Crippen LogP contribution in [-0.4, -0.2) is 37.1 Å². The zero-order valence-electron chi connectivity index (χ0n) is 20.2. The van der Waals surface area contributed by atoms with Crippen molar-refractivity contribution < 1.29 is 22.8 Å². The molecule has 0 aliphatic heterocycles.